The number of urea groups is 1. The molecule has 0 saturated carbocycles. The molecule has 1 aromatic rings. The number of hydrogen-bond acceptors (Lipinski definition) is 4. The molecular weight excluding hydrogens is 298 g/mol. The Bertz CT molecular complexity index is 480. The van der Waals surface area contributed by atoms with Gasteiger partial charge in [0.05, 0.1) is 12.7 Å². The van der Waals surface area contributed by atoms with Crippen molar-refractivity contribution >= 4 is 17.4 Å². The number of morpholine rings is 1. The lowest BCUT2D eigenvalue weighted by molar-refractivity contribution is -0.0457. The summed E-state index contributed by atoms with van der Waals surface area (Å²) in [5.41, 5.74) is 1.28. The maximum atomic E-state index is 11.9. The number of rotatable bonds is 5. The number of amides is 2. The summed E-state index contributed by atoms with van der Waals surface area (Å²) in [4.78, 5) is 14.4. The van der Waals surface area contributed by atoms with Gasteiger partial charge in [0.15, 0.2) is 0 Å². The predicted molar refractivity (Wildman–Crippen MR) is 88.5 cm³/mol. The van der Waals surface area contributed by atoms with Crippen LogP contribution in [-0.2, 0) is 4.74 Å². The maximum Gasteiger partial charge on any atom is 0.314 e. The lowest BCUT2D eigenvalue weighted by atomic mass is 10.1. The number of nitrogens with zero attached hydrogens (tertiary/aromatic N) is 1. The second-order valence-electron chi connectivity index (χ2n) is 6.29. The molecule has 3 heterocycles. The van der Waals surface area contributed by atoms with Gasteiger partial charge in [0.1, 0.15) is 0 Å². The Balaban J connectivity index is 1.34. The average molecular weight is 323 g/mol. The zero-order chi connectivity index (χ0) is 15.4. The highest BCUT2D eigenvalue weighted by Crippen LogP contribution is 2.22. The van der Waals surface area contributed by atoms with Crippen molar-refractivity contribution in [3.05, 3.63) is 22.4 Å². The van der Waals surface area contributed by atoms with Crippen molar-refractivity contribution in [1.29, 1.82) is 0 Å². The number of fused-ring (bicyclic) bond motifs is 1. The normalized spacial score (nSPS) is 26.4. The number of carbonyl (C=O) groups excluding carboxylic acids is 1. The molecule has 2 aliphatic rings. The van der Waals surface area contributed by atoms with Crippen LogP contribution < -0.4 is 10.6 Å². The molecule has 0 radical (unpaired) electrons. The van der Waals surface area contributed by atoms with Gasteiger partial charge in [0.2, 0.25) is 0 Å². The minimum Gasteiger partial charge on any atom is -0.373 e. The van der Waals surface area contributed by atoms with Gasteiger partial charge in [-0.05, 0) is 47.7 Å². The second-order valence-corrected chi connectivity index (χ2v) is 7.08. The summed E-state index contributed by atoms with van der Waals surface area (Å²) in [6.45, 7) is 6.29. The molecule has 3 rings (SSSR count). The van der Waals surface area contributed by atoms with Gasteiger partial charge >= 0.3 is 6.03 Å². The molecular formula is C16H25N3O2S. The number of carbonyl (C=O) groups is 1. The van der Waals surface area contributed by atoms with E-state index in [4.69, 9.17) is 4.74 Å². The molecule has 2 N–H and O–H groups in total. The molecule has 0 spiro atoms. The van der Waals surface area contributed by atoms with Crippen molar-refractivity contribution in [2.75, 3.05) is 32.8 Å². The molecule has 2 aliphatic heterocycles. The van der Waals surface area contributed by atoms with E-state index in [2.05, 4.69) is 39.3 Å². The molecule has 3 atom stereocenters. The summed E-state index contributed by atoms with van der Waals surface area (Å²) in [7, 11) is 0. The minimum atomic E-state index is -0.103. The summed E-state index contributed by atoms with van der Waals surface area (Å²) in [5, 5.41) is 10.1. The molecule has 0 aliphatic carbocycles. The van der Waals surface area contributed by atoms with Crippen molar-refractivity contribution in [1.82, 2.24) is 15.5 Å². The first kappa shape index (κ1) is 15.8. The first-order valence-corrected chi connectivity index (χ1v) is 9.06. The smallest absolute Gasteiger partial charge is 0.314 e. The number of hydrogen-bond donors (Lipinski definition) is 2. The quantitative estimate of drug-likeness (QED) is 0.871. The SMILES string of the molecule is C[C@H](CNC(=O)NC[C@@H]1CN2CCC[C@@H]2CO1)c1ccsc1. The predicted octanol–water partition coefficient (Wildman–Crippen LogP) is 2.01. The molecule has 22 heavy (non-hydrogen) atoms. The zero-order valence-corrected chi connectivity index (χ0v) is 13.9. The van der Waals surface area contributed by atoms with Gasteiger partial charge in [0, 0.05) is 25.7 Å². The summed E-state index contributed by atoms with van der Waals surface area (Å²) >= 11 is 1.69. The van der Waals surface area contributed by atoms with Crippen molar-refractivity contribution in [3.63, 3.8) is 0 Å². The van der Waals surface area contributed by atoms with Gasteiger partial charge in [-0.2, -0.15) is 11.3 Å². The molecule has 2 amide bonds. The highest BCUT2D eigenvalue weighted by atomic mass is 32.1. The van der Waals surface area contributed by atoms with Crippen molar-refractivity contribution in [3.8, 4) is 0 Å². The Labute approximate surface area is 136 Å². The minimum absolute atomic E-state index is 0.103. The van der Waals surface area contributed by atoms with Crippen LogP contribution >= 0.6 is 11.3 Å². The van der Waals surface area contributed by atoms with E-state index in [9.17, 15) is 4.79 Å². The molecule has 0 unspecified atom stereocenters. The van der Waals surface area contributed by atoms with Crippen LogP contribution in [0.1, 0.15) is 31.2 Å². The van der Waals surface area contributed by atoms with Crippen LogP contribution in [0.2, 0.25) is 0 Å². The first-order chi connectivity index (χ1) is 10.7. The van der Waals surface area contributed by atoms with Gasteiger partial charge in [-0.15, -0.1) is 0 Å². The summed E-state index contributed by atoms with van der Waals surface area (Å²) in [6.07, 6.45) is 2.64. The van der Waals surface area contributed by atoms with E-state index in [1.165, 1.54) is 24.9 Å². The number of thiophene rings is 1. The molecule has 122 valence electrons. The zero-order valence-electron chi connectivity index (χ0n) is 13.1. The van der Waals surface area contributed by atoms with Crippen LogP contribution in [0, 0.1) is 0 Å². The fraction of sp³-hybridized carbons (Fsp3) is 0.688. The van der Waals surface area contributed by atoms with Gasteiger partial charge in [-0.25, -0.2) is 4.79 Å². The van der Waals surface area contributed by atoms with Gasteiger partial charge in [-0.3, -0.25) is 4.90 Å². The number of nitrogens with one attached hydrogen (secondary N) is 2. The Morgan fingerprint density at radius 2 is 2.45 bits per heavy atom. The van der Waals surface area contributed by atoms with E-state index in [1.807, 2.05) is 0 Å². The Hall–Kier alpha value is -1.11. The van der Waals surface area contributed by atoms with Crippen LogP contribution in [0.4, 0.5) is 4.79 Å². The van der Waals surface area contributed by atoms with Gasteiger partial charge < -0.3 is 15.4 Å². The molecule has 0 aromatic carbocycles. The molecule has 1 aromatic heterocycles. The van der Waals surface area contributed by atoms with Crippen molar-refractivity contribution in [2.24, 2.45) is 0 Å². The van der Waals surface area contributed by atoms with Gasteiger partial charge in [0.25, 0.3) is 0 Å². The second kappa shape index (κ2) is 7.44. The Morgan fingerprint density at radius 1 is 1.55 bits per heavy atom. The first-order valence-electron chi connectivity index (χ1n) is 8.12. The third kappa shape index (κ3) is 4.00. The Kier molecular flexibility index (Phi) is 5.33. The van der Waals surface area contributed by atoms with Crippen LogP contribution in [0.15, 0.2) is 16.8 Å². The van der Waals surface area contributed by atoms with Crippen LogP contribution in [0.3, 0.4) is 0 Å². The molecule has 2 saturated heterocycles. The summed E-state index contributed by atoms with van der Waals surface area (Å²) in [5.74, 6) is 0.341. The fourth-order valence-corrected chi connectivity index (χ4v) is 3.98. The molecule has 6 heteroatoms. The van der Waals surface area contributed by atoms with E-state index in [0.717, 1.165) is 13.2 Å². The topological polar surface area (TPSA) is 53.6 Å². The van der Waals surface area contributed by atoms with Crippen molar-refractivity contribution in [2.45, 2.75) is 37.8 Å². The monoisotopic (exact) mass is 323 g/mol. The van der Waals surface area contributed by atoms with Crippen LogP contribution in [0.25, 0.3) is 0 Å². The maximum absolute atomic E-state index is 11.9. The fourth-order valence-electron chi connectivity index (χ4n) is 3.20. The van der Waals surface area contributed by atoms with E-state index in [0.29, 0.717) is 25.0 Å². The van der Waals surface area contributed by atoms with Crippen LogP contribution in [-0.4, -0.2) is 55.9 Å². The standard InChI is InChI=1S/C16H25N3O2S/c1-12(13-4-6-22-11-13)7-17-16(20)18-8-15-9-19-5-2-3-14(19)10-21-15/h4,6,11-12,14-15H,2-3,5,7-10H2,1H3,(H2,17,18,20)/t12-,14-,15-/m1/s1. The molecule has 2 fully saturated rings. The molecule has 0 bridgehead atoms. The van der Waals surface area contributed by atoms with E-state index >= 15 is 0 Å². The van der Waals surface area contributed by atoms with Gasteiger partial charge in [-0.1, -0.05) is 6.92 Å². The lowest BCUT2D eigenvalue weighted by Gasteiger charge is -2.35. The third-order valence-electron chi connectivity index (χ3n) is 4.63. The van der Waals surface area contributed by atoms with E-state index in [-0.39, 0.29) is 12.1 Å². The van der Waals surface area contributed by atoms with Crippen LogP contribution in [0.5, 0.6) is 0 Å². The number of ether oxygens (including phenoxy) is 1. The Morgan fingerprint density at radius 3 is 3.27 bits per heavy atom. The highest BCUT2D eigenvalue weighted by molar-refractivity contribution is 7.07. The third-order valence-corrected chi connectivity index (χ3v) is 5.33. The lowest BCUT2D eigenvalue weighted by Crippen LogP contribution is -2.51. The summed E-state index contributed by atoms with van der Waals surface area (Å²) in [6, 6.07) is 2.61. The average Bonchev–Trinajstić information content (AvgIpc) is 3.20. The molecule has 5 nitrogen and oxygen atoms in total. The largest absolute Gasteiger partial charge is 0.373 e. The van der Waals surface area contributed by atoms with Crippen molar-refractivity contribution < 1.29 is 9.53 Å². The van der Waals surface area contributed by atoms with E-state index < -0.39 is 0 Å². The summed E-state index contributed by atoms with van der Waals surface area (Å²) < 4.78 is 5.84. The highest BCUT2D eigenvalue weighted by Gasteiger charge is 2.32. The van der Waals surface area contributed by atoms with E-state index in [1.54, 1.807) is 11.3 Å².